The van der Waals surface area contributed by atoms with Gasteiger partial charge < -0.3 is 5.32 Å². The minimum Gasteiger partial charge on any atom is -0.354 e. The first-order valence-electron chi connectivity index (χ1n) is 9.10. The third-order valence-corrected chi connectivity index (χ3v) is 6.23. The summed E-state index contributed by atoms with van der Waals surface area (Å²) >= 11 is 1.80. The second-order valence-corrected chi connectivity index (χ2v) is 9.46. The average molecular weight is 352 g/mol. The van der Waals surface area contributed by atoms with Crippen molar-refractivity contribution in [1.29, 1.82) is 0 Å². The lowest BCUT2D eigenvalue weighted by molar-refractivity contribution is 0.506. The molecule has 0 aliphatic heterocycles. The number of rotatable bonds is 4. The maximum atomic E-state index is 3.61. The molecule has 1 heterocycles. The first kappa shape index (κ1) is 18.0. The molecule has 132 valence electrons. The molecule has 0 atom stereocenters. The fourth-order valence-corrected chi connectivity index (χ4v) is 3.83. The van der Waals surface area contributed by atoms with Crippen molar-refractivity contribution in [3.05, 3.63) is 59.0 Å². The van der Waals surface area contributed by atoms with E-state index in [9.17, 15) is 0 Å². The van der Waals surface area contributed by atoms with Crippen LogP contribution in [-0.4, -0.2) is 0 Å². The molecule has 1 aromatic heterocycles. The summed E-state index contributed by atoms with van der Waals surface area (Å²) in [5.74, 6) is 0. The Morgan fingerprint density at radius 2 is 1.52 bits per heavy atom. The quantitative estimate of drug-likeness (QED) is 0.509. The van der Waals surface area contributed by atoms with Crippen LogP contribution in [0.15, 0.2) is 47.8 Å². The summed E-state index contributed by atoms with van der Waals surface area (Å²) in [6.07, 6.45) is 1.14. The monoisotopic (exact) mass is 351 g/mol. The van der Waals surface area contributed by atoms with Gasteiger partial charge in [0.15, 0.2) is 0 Å². The van der Waals surface area contributed by atoms with Gasteiger partial charge in [-0.25, -0.2) is 0 Å². The molecule has 2 heteroatoms. The third kappa shape index (κ3) is 3.74. The molecule has 0 spiro atoms. The zero-order valence-electron chi connectivity index (χ0n) is 16.2. The average Bonchev–Trinajstić information content (AvgIpc) is 2.97. The second kappa shape index (κ2) is 6.49. The van der Waals surface area contributed by atoms with Crippen LogP contribution < -0.4 is 5.32 Å². The molecule has 0 aliphatic rings. The molecule has 25 heavy (non-hydrogen) atoms. The van der Waals surface area contributed by atoms with Crippen LogP contribution in [-0.2, 0) is 10.8 Å². The SMILES string of the molecule is CCC(C)(C)c1ccc(Nc2csc3ccc(C(C)(C)C)cc23)cc1. The van der Waals surface area contributed by atoms with E-state index in [1.54, 1.807) is 11.3 Å². The van der Waals surface area contributed by atoms with E-state index in [4.69, 9.17) is 0 Å². The number of fused-ring (bicyclic) bond motifs is 1. The minimum absolute atomic E-state index is 0.167. The van der Waals surface area contributed by atoms with Crippen molar-refractivity contribution in [2.24, 2.45) is 0 Å². The lowest BCUT2D eigenvalue weighted by atomic mass is 9.82. The van der Waals surface area contributed by atoms with Crippen LogP contribution in [0, 0.1) is 0 Å². The van der Waals surface area contributed by atoms with Crippen LogP contribution in [0.4, 0.5) is 11.4 Å². The molecular weight excluding hydrogens is 322 g/mol. The smallest absolute Gasteiger partial charge is 0.0573 e. The molecule has 0 amide bonds. The topological polar surface area (TPSA) is 12.0 Å². The Kier molecular flexibility index (Phi) is 4.68. The molecule has 0 unspecified atom stereocenters. The van der Waals surface area contributed by atoms with Crippen molar-refractivity contribution in [2.45, 2.75) is 58.8 Å². The lowest BCUT2D eigenvalue weighted by Gasteiger charge is -2.23. The van der Waals surface area contributed by atoms with Gasteiger partial charge in [0.05, 0.1) is 5.69 Å². The molecule has 1 nitrogen and oxygen atoms in total. The van der Waals surface area contributed by atoms with Crippen molar-refractivity contribution < 1.29 is 0 Å². The predicted molar refractivity (Wildman–Crippen MR) is 114 cm³/mol. The van der Waals surface area contributed by atoms with Crippen LogP contribution in [0.25, 0.3) is 10.1 Å². The van der Waals surface area contributed by atoms with Crippen LogP contribution in [0.5, 0.6) is 0 Å². The first-order valence-corrected chi connectivity index (χ1v) is 9.98. The molecule has 1 N–H and O–H groups in total. The van der Waals surface area contributed by atoms with Gasteiger partial charge in [-0.05, 0) is 52.6 Å². The van der Waals surface area contributed by atoms with Gasteiger partial charge in [-0.15, -0.1) is 11.3 Å². The largest absolute Gasteiger partial charge is 0.354 e. The van der Waals surface area contributed by atoms with Crippen LogP contribution in [0.1, 0.15) is 59.1 Å². The molecule has 0 fully saturated rings. The van der Waals surface area contributed by atoms with Gasteiger partial charge in [-0.3, -0.25) is 0 Å². The minimum atomic E-state index is 0.167. The van der Waals surface area contributed by atoms with E-state index in [1.807, 2.05) is 0 Å². The Labute approximate surface area is 156 Å². The number of hydrogen-bond acceptors (Lipinski definition) is 2. The maximum absolute atomic E-state index is 3.61. The van der Waals surface area contributed by atoms with Gasteiger partial charge in [-0.2, -0.15) is 0 Å². The van der Waals surface area contributed by atoms with Gasteiger partial charge in [0, 0.05) is 21.2 Å². The predicted octanol–water partition coefficient (Wildman–Crippen LogP) is 7.63. The van der Waals surface area contributed by atoms with E-state index in [1.165, 1.54) is 26.9 Å². The Morgan fingerprint density at radius 1 is 0.880 bits per heavy atom. The first-order chi connectivity index (χ1) is 11.7. The van der Waals surface area contributed by atoms with Crippen LogP contribution >= 0.6 is 11.3 Å². The summed E-state index contributed by atoms with van der Waals surface area (Å²) in [7, 11) is 0. The number of thiophene rings is 1. The Hall–Kier alpha value is -1.80. The standard InChI is InChI=1S/C23H29NS/c1-7-23(5,6)16-8-11-18(12-9-16)24-20-15-25-21-13-10-17(14-19(20)21)22(2,3)4/h8-15,24H,7H2,1-6H3. The summed E-state index contributed by atoms with van der Waals surface area (Å²) < 4.78 is 1.33. The molecule has 0 bridgehead atoms. The van der Waals surface area contributed by atoms with Crippen molar-refractivity contribution in [3.63, 3.8) is 0 Å². The summed E-state index contributed by atoms with van der Waals surface area (Å²) in [5.41, 5.74) is 5.52. The lowest BCUT2D eigenvalue weighted by Crippen LogP contribution is -2.15. The van der Waals surface area contributed by atoms with E-state index in [0.29, 0.717) is 0 Å². The van der Waals surface area contributed by atoms with E-state index in [2.05, 4.69) is 94.7 Å². The Balaban J connectivity index is 1.90. The highest BCUT2D eigenvalue weighted by molar-refractivity contribution is 7.17. The molecule has 0 radical (unpaired) electrons. The van der Waals surface area contributed by atoms with Gasteiger partial charge in [0.2, 0.25) is 0 Å². The van der Waals surface area contributed by atoms with E-state index in [-0.39, 0.29) is 10.8 Å². The third-order valence-electron chi connectivity index (χ3n) is 5.27. The molecule has 2 aromatic carbocycles. The summed E-state index contributed by atoms with van der Waals surface area (Å²) in [6, 6.07) is 15.7. The van der Waals surface area contributed by atoms with Crippen LogP contribution in [0.3, 0.4) is 0 Å². The Morgan fingerprint density at radius 3 is 2.12 bits per heavy atom. The van der Waals surface area contributed by atoms with E-state index >= 15 is 0 Å². The van der Waals surface area contributed by atoms with E-state index in [0.717, 1.165) is 12.1 Å². The van der Waals surface area contributed by atoms with Crippen molar-refractivity contribution >= 4 is 32.8 Å². The molecular formula is C23H29NS. The highest BCUT2D eigenvalue weighted by Gasteiger charge is 2.18. The summed E-state index contributed by atoms with van der Waals surface area (Å²) in [5, 5.41) is 7.15. The van der Waals surface area contributed by atoms with Crippen molar-refractivity contribution in [3.8, 4) is 0 Å². The van der Waals surface area contributed by atoms with E-state index < -0.39 is 0 Å². The number of anilines is 2. The highest BCUT2D eigenvalue weighted by Crippen LogP contribution is 2.36. The van der Waals surface area contributed by atoms with Gasteiger partial charge >= 0.3 is 0 Å². The zero-order chi connectivity index (χ0) is 18.2. The fourth-order valence-electron chi connectivity index (χ4n) is 2.96. The number of nitrogens with one attached hydrogen (secondary N) is 1. The fraction of sp³-hybridized carbons (Fsp3) is 0.391. The molecule has 3 aromatic rings. The molecule has 0 saturated heterocycles. The highest BCUT2D eigenvalue weighted by atomic mass is 32.1. The zero-order valence-corrected chi connectivity index (χ0v) is 17.1. The number of hydrogen-bond donors (Lipinski definition) is 1. The maximum Gasteiger partial charge on any atom is 0.0573 e. The summed E-state index contributed by atoms with van der Waals surface area (Å²) in [4.78, 5) is 0. The number of benzene rings is 2. The van der Waals surface area contributed by atoms with Gasteiger partial charge in [0.25, 0.3) is 0 Å². The Bertz CT molecular complexity index is 863. The normalized spacial score (nSPS) is 12.6. The van der Waals surface area contributed by atoms with Crippen molar-refractivity contribution in [1.82, 2.24) is 0 Å². The van der Waals surface area contributed by atoms with Gasteiger partial charge in [-0.1, -0.05) is 59.7 Å². The summed E-state index contributed by atoms with van der Waals surface area (Å²) in [6.45, 7) is 13.6. The van der Waals surface area contributed by atoms with Crippen LogP contribution in [0.2, 0.25) is 0 Å². The molecule has 3 rings (SSSR count). The van der Waals surface area contributed by atoms with Gasteiger partial charge in [0.1, 0.15) is 0 Å². The van der Waals surface area contributed by atoms with Crippen molar-refractivity contribution in [2.75, 3.05) is 5.32 Å². The second-order valence-electron chi connectivity index (χ2n) is 8.55. The molecule has 0 aliphatic carbocycles. The molecule has 0 saturated carbocycles.